The van der Waals surface area contributed by atoms with E-state index in [1.54, 1.807) is 12.2 Å². The molecule has 6 rings (SSSR count). The van der Waals surface area contributed by atoms with Crippen molar-refractivity contribution in [1.82, 2.24) is 0 Å². The van der Waals surface area contributed by atoms with Crippen LogP contribution in [0.5, 0.6) is 0 Å². The lowest BCUT2D eigenvalue weighted by atomic mass is 9.38. The third kappa shape index (κ3) is 3.28. The highest BCUT2D eigenvalue weighted by molar-refractivity contribution is 5.57. The Balaban J connectivity index is 1.70. The average molecular weight is 455 g/mol. The highest BCUT2D eigenvalue weighted by Crippen LogP contribution is 2.74. The minimum Gasteiger partial charge on any atom is -0.211 e. The van der Waals surface area contributed by atoms with Crippen molar-refractivity contribution in [2.75, 3.05) is 0 Å². The Kier molecular flexibility index (Phi) is 5.51. The van der Waals surface area contributed by atoms with E-state index in [0.29, 0.717) is 11.3 Å². The third-order valence-electron chi connectivity index (χ3n) is 9.43. The van der Waals surface area contributed by atoms with Crippen molar-refractivity contribution < 1.29 is 9.59 Å². The molecule has 0 spiro atoms. The molecular weight excluding hydrogens is 420 g/mol. The summed E-state index contributed by atoms with van der Waals surface area (Å²) in [4.78, 5) is 29.6. The van der Waals surface area contributed by atoms with Gasteiger partial charge in [0.05, 0.1) is 11.4 Å². The molecule has 5 unspecified atom stereocenters. The van der Waals surface area contributed by atoms with Crippen molar-refractivity contribution >= 4 is 23.5 Å². The molecule has 176 valence electrons. The number of benzene rings is 2. The van der Waals surface area contributed by atoms with Crippen molar-refractivity contribution in [3.8, 4) is 0 Å². The Bertz CT molecular complexity index is 1240. The highest BCUT2D eigenvalue weighted by Gasteiger charge is 2.68. The molecule has 4 aliphatic rings. The van der Waals surface area contributed by atoms with E-state index >= 15 is 0 Å². The number of carbonyl (C=O) groups excluding carboxylic acids is 2. The van der Waals surface area contributed by atoms with Crippen LogP contribution in [0.25, 0.3) is 0 Å². The number of rotatable bonds is 6. The van der Waals surface area contributed by atoms with Gasteiger partial charge in [-0.3, -0.25) is 0 Å². The molecule has 4 nitrogen and oxygen atoms in total. The Morgan fingerprint density at radius 2 is 1.56 bits per heavy atom. The number of fused-ring (bicyclic) bond motifs is 1. The molecule has 2 aromatic rings. The minimum atomic E-state index is 0.114. The first-order valence-electron chi connectivity index (χ1n) is 12.7. The molecule has 0 aromatic heterocycles. The standard InChI is InChI=1S/C30H34N2O2/c1-5-11-29(23-6-8-25(31-18-33)20(2)13-23)16-28(4)15-22-10-12-30(17-28,27(22)29)24-7-9-26(32-19-34)21(3)14-24/h6-9,13-14,22,27H,5,10-12,15-17H2,1-4H3. The maximum Gasteiger partial charge on any atom is 0.240 e. The molecule has 0 heterocycles. The predicted octanol–water partition coefficient (Wildman–Crippen LogP) is 7.44. The van der Waals surface area contributed by atoms with Crippen LogP contribution >= 0.6 is 0 Å². The largest absolute Gasteiger partial charge is 0.240 e. The highest BCUT2D eigenvalue weighted by atomic mass is 16.1. The second kappa shape index (κ2) is 8.15. The van der Waals surface area contributed by atoms with E-state index in [-0.39, 0.29) is 10.8 Å². The molecule has 0 amide bonds. The lowest BCUT2D eigenvalue weighted by Crippen LogP contribution is -2.61. The molecule has 4 aliphatic carbocycles. The number of hydrogen-bond acceptors (Lipinski definition) is 4. The lowest BCUT2D eigenvalue weighted by Gasteiger charge is -2.65. The summed E-state index contributed by atoms with van der Waals surface area (Å²) >= 11 is 0. The predicted molar refractivity (Wildman–Crippen MR) is 134 cm³/mol. The second-order valence-corrected chi connectivity index (χ2v) is 11.6. The Labute approximate surface area is 202 Å². The van der Waals surface area contributed by atoms with Crippen LogP contribution in [0.3, 0.4) is 0 Å². The SMILES string of the molecule is CCCC1(c2ccc(N=C=O)c(C)c2)CC2(C)CC3CCC(c4ccc(N=C=O)c(C)c4)(C2)C31. The molecule has 0 N–H and O–H groups in total. The van der Waals surface area contributed by atoms with Gasteiger partial charge < -0.3 is 0 Å². The summed E-state index contributed by atoms with van der Waals surface area (Å²) in [6.45, 7) is 8.95. The van der Waals surface area contributed by atoms with E-state index in [4.69, 9.17) is 0 Å². The van der Waals surface area contributed by atoms with Gasteiger partial charge in [0.2, 0.25) is 12.2 Å². The normalized spacial score (nSPS) is 33.3. The van der Waals surface area contributed by atoms with Crippen LogP contribution < -0.4 is 0 Å². The van der Waals surface area contributed by atoms with Crippen LogP contribution in [0.15, 0.2) is 46.4 Å². The zero-order chi connectivity index (χ0) is 24.1. The fraction of sp³-hybridized carbons (Fsp3) is 0.533. The lowest BCUT2D eigenvalue weighted by molar-refractivity contribution is -0.0801. The molecule has 4 bridgehead atoms. The van der Waals surface area contributed by atoms with Crippen molar-refractivity contribution in [3.63, 3.8) is 0 Å². The zero-order valence-electron chi connectivity index (χ0n) is 20.8. The van der Waals surface area contributed by atoms with E-state index in [2.05, 4.69) is 61.9 Å². The van der Waals surface area contributed by atoms with E-state index < -0.39 is 0 Å². The first-order valence-corrected chi connectivity index (χ1v) is 12.7. The summed E-state index contributed by atoms with van der Waals surface area (Å²) in [6.07, 6.45) is 12.0. The summed E-state index contributed by atoms with van der Waals surface area (Å²) in [7, 11) is 0. The molecule has 0 aliphatic heterocycles. The van der Waals surface area contributed by atoms with E-state index in [0.717, 1.165) is 34.8 Å². The third-order valence-corrected chi connectivity index (χ3v) is 9.43. The van der Waals surface area contributed by atoms with Gasteiger partial charge in [-0.15, -0.1) is 0 Å². The Hall–Kier alpha value is -2.80. The van der Waals surface area contributed by atoms with Crippen molar-refractivity contribution in [2.24, 2.45) is 27.2 Å². The van der Waals surface area contributed by atoms with Crippen molar-refractivity contribution in [1.29, 1.82) is 0 Å². The molecule has 5 atom stereocenters. The summed E-state index contributed by atoms with van der Waals surface area (Å²) in [5.41, 5.74) is 6.95. The molecule has 0 radical (unpaired) electrons. The van der Waals surface area contributed by atoms with Gasteiger partial charge in [-0.05, 0) is 115 Å². The molecule has 4 fully saturated rings. The van der Waals surface area contributed by atoms with Gasteiger partial charge >= 0.3 is 0 Å². The van der Waals surface area contributed by atoms with Gasteiger partial charge in [0.25, 0.3) is 0 Å². The fourth-order valence-electron chi connectivity index (χ4n) is 8.91. The summed E-state index contributed by atoms with van der Waals surface area (Å²) in [5, 5.41) is 0. The monoisotopic (exact) mass is 454 g/mol. The van der Waals surface area contributed by atoms with Gasteiger partial charge in [-0.1, -0.05) is 44.5 Å². The van der Waals surface area contributed by atoms with Crippen LogP contribution in [0, 0.1) is 31.1 Å². The molecular formula is C30H34N2O2. The van der Waals surface area contributed by atoms with Crippen molar-refractivity contribution in [3.05, 3.63) is 58.7 Å². The summed E-state index contributed by atoms with van der Waals surface area (Å²) in [6, 6.07) is 13.1. The molecule has 4 heteroatoms. The number of aliphatic imine (C=N–C) groups is 2. The van der Waals surface area contributed by atoms with E-state index in [9.17, 15) is 9.59 Å². The zero-order valence-corrected chi connectivity index (χ0v) is 20.8. The summed E-state index contributed by atoms with van der Waals surface area (Å²) < 4.78 is 0. The molecule has 2 aromatic carbocycles. The van der Waals surface area contributed by atoms with Gasteiger partial charge in [0, 0.05) is 0 Å². The molecule has 4 saturated carbocycles. The maximum atomic E-state index is 10.9. The van der Waals surface area contributed by atoms with Crippen LogP contribution in [-0.4, -0.2) is 12.2 Å². The van der Waals surface area contributed by atoms with Crippen LogP contribution in [0.2, 0.25) is 0 Å². The van der Waals surface area contributed by atoms with Gasteiger partial charge in [0.1, 0.15) is 0 Å². The Morgan fingerprint density at radius 1 is 0.941 bits per heavy atom. The van der Waals surface area contributed by atoms with Gasteiger partial charge in [0.15, 0.2) is 0 Å². The second-order valence-electron chi connectivity index (χ2n) is 11.6. The number of isocyanates is 2. The first-order chi connectivity index (χ1) is 16.3. The average Bonchev–Trinajstić information content (AvgIpc) is 3.09. The van der Waals surface area contributed by atoms with Crippen LogP contribution in [0.1, 0.15) is 81.0 Å². The fourth-order valence-corrected chi connectivity index (χ4v) is 8.91. The van der Waals surface area contributed by atoms with Crippen LogP contribution in [0.4, 0.5) is 11.4 Å². The molecule has 0 saturated heterocycles. The van der Waals surface area contributed by atoms with Crippen LogP contribution in [-0.2, 0) is 20.4 Å². The maximum absolute atomic E-state index is 10.9. The minimum absolute atomic E-state index is 0.114. The number of aryl methyl sites for hydroxylation is 2. The topological polar surface area (TPSA) is 58.9 Å². The van der Waals surface area contributed by atoms with Crippen molar-refractivity contribution in [2.45, 2.75) is 83.5 Å². The van der Waals surface area contributed by atoms with E-state index in [1.165, 1.54) is 49.7 Å². The number of nitrogens with zero attached hydrogens (tertiary/aromatic N) is 2. The smallest absolute Gasteiger partial charge is 0.211 e. The van der Waals surface area contributed by atoms with E-state index in [1.807, 2.05) is 12.1 Å². The number of hydrogen-bond donors (Lipinski definition) is 0. The first kappa shape index (κ1) is 23.0. The Morgan fingerprint density at radius 3 is 2.15 bits per heavy atom. The molecule has 34 heavy (non-hydrogen) atoms. The summed E-state index contributed by atoms with van der Waals surface area (Å²) in [5.74, 6) is 1.31. The van der Waals surface area contributed by atoms with Gasteiger partial charge in [-0.2, -0.15) is 9.98 Å². The quantitative estimate of drug-likeness (QED) is 0.336. The van der Waals surface area contributed by atoms with Gasteiger partial charge in [-0.25, -0.2) is 9.59 Å².